The Hall–Kier alpha value is -1.40. The van der Waals surface area contributed by atoms with Gasteiger partial charge in [0.2, 0.25) is 5.91 Å². The highest BCUT2D eigenvalue weighted by atomic mass is 79.9. The lowest BCUT2D eigenvalue weighted by Crippen LogP contribution is -2.31. The van der Waals surface area contributed by atoms with Crippen LogP contribution in [-0.2, 0) is 4.79 Å². The first kappa shape index (κ1) is 17.7. The van der Waals surface area contributed by atoms with Gasteiger partial charge in [0.1, 0.15) is 0 Å². The van der Waals surface area contributed by atoms with Gasteiger partial charge in [-0.3, -0.25) is 4.79 Å². The fraction of sp³-hybridized carbons (Fsp3) is 0.467. The van der Waals surface area contributed by atoms with Crippen LogP contribution in [0.25, 0.3) is 0 Å². The molecule has 1 atom stereocenters. The zero-order chi connectivity index (χ0) is 16.2. The van der Waals surface area contributed by atoms with E-state index in [9.17, 15) is 9.59 Å². The number of rotatable bonds is 5. The van der Waals surface area contributed by atoms with Crippen molar-refractivity contribution in [3.63, 3.8) is 0 Å². The van der Waals surface area contributed by atoms with E-state index in [1.54, 1.807) is 6.07 Å². The molecular weight excluding hydrogens is 336 g/mol. The maximum atomic E-state index is 12.0. The van der Waals surface area contributed by atoms with Crippen LogP contribution < -0.4 is 11.1 Å². The Morgan fingerprint density at radius 2 is 2.00 bits per heavy atom. The van der Waals surface area contributed by atoms with Crippen molar-refractivity contribution in [2.24, 2.45) is 11.1 Å². The number of benzene rings is 1. The molecule has 21 heavy (non-hydrogen) atoms. The fourth-order valence-electron chi connectivity index (χ4n) is 2.05. The average Bonchev–Trinajstić information content (AvgIpc) is 2.28. The predicted molar refractivity (Wildman–Crippen MR) is 86.4 cm³/mol. The van der Waals surface area contributed by atoms with Gasteiger partial charge in [-0.25, -0.2) is 4.79 Å². The normalized spacial score (nSPS) is 12.8. The lowest BCUT2D eigenvalue weighted by molar-refractivity contribution is -0.116. The number of anilines is 1. The quantitative estimate of drug-likeness (QED) is 0.754. The molecule has 1 amide bonds. The second-order valence-electron chi connectivity index (χ2n) is 6.28. The van der Waals surface area contributed by atoms with Gasteiger partial charge in [-0.1, -0.05) is 20.8 Å². The minimum atomic E-state index is -1.01. The Bertz CT molecular complexity index is 538. The summed E-state index contributed by atoms with van der Waals surface area (Å²) in [4.78, 5) is 22.8. The van der Waals surface area contributed by atoms with Crippen molar-refractivity contribution >= 4 is 33.5 Å². The van der Waals surface area contributed by atoms with Crippen molar-refractivity contribution in [3.05, 3.63) is 28.2 Å². The van der Waals surface area contributed by atoms with E-state index in [0.29, 0.717) is 10.2 Å². The van der Waals surface area contributed by atoms with Crippen LogP contribution in [0.5, 0.6) is 0 Å². The van der Waals surface area contributed by atoms with Gasteiger partial charge in [0.15, 0.2) is 0 Å². The third-order valence-electron chi connectivity index (χ3n) is 2.81. The fourth-order valence-corrected chi connectivity index (χ4v) is 2.53. The summed E-state index contributed by atoms with van der Waals surface area (Å²) < 4.78 is 0.528. The van der Waals surface area contributed by atoms with E-state index in [-0.39, 0.29) is 29.3 Å². The molecule has 0 fully saturated rings. The number of halogens is 1. The van der Waals surface area contributed by atoms with Gasteiger partial charge < -0.3 is 16.2 Å². The van der Waals surface area contributed by atoms with E-state index in [1.807, 2.05) is 0 Å². The van der Waals surface area contributed by atoms with E-state index in [0.717, 1.165) is 6.42 Å². The van der Waals surface area contributed by atoms with E-state index in [2.05, 4.69) is 42.0 Å². The number of carboxylic acids is 1. The van der Waals surface area contributed by atoms with Crippen molar-refractivity contribution < 1.29 is 14.7 Å². The molecule has 1 aromatic rings. The zero-order valence-corrected chi connectivity index (χ0v) is 14.0. The highest BCUT2D eigenvalue weighted by molar-refractivity contribution is 9.10. The first-order valence-electron chi connectivity index (χ1n) is 6.67. The zero-order valence-electron chi connectivity index (χ0n) is 12.4. The smallest absolute Gasteiger partial charge is 0.335 e. The summed E-state index contributed by atoms with van der Waals surface area (Å²) in [5.74, 6) is -1.20. The monoisotopic (exact) mass is 356 g/mol. The van der Waals surface area contributed by atoms with Crippen molar-refractivity contribution in [1.82, 2.24) is 0 Å². The molecule has 6 heteroatoms. The SMILES string of the molecule is CC(C)(C)CC(N)CC(=O)Nc1ccc(C(=O)O)cc1Br. The molecule has 0 saturated heterocycles. The topological polar surface area (TPSA) is 92.4 Å². The van der Waals surface area contributed by atoms with E-state index in [4.69, 9.17) is 10.8 Å². The summed E-state index contributed by atoms with van der Waals surface area (Å²) in [5.41, 5.74) is 6.73. The molecule has 0 aliphatic rings. The summed E-state index contributed by atoms with van der Waals surface area (Å²) in [5, 5.41) is 11.6. The number of amides is 1. The number of carbonyl (C=O) groups excluding carboxylic acids is 1. The summed E-state index contributed by atoms with van der Waals surface area (Å²) in [6, 6.07) is 4.24. The summed E-state index contributed by atoms with van der Waals surface area (Å²) >= 11 is 3.25. The molecule has 4 N–H and O–H groups in total. The minimum absolute atomic E-state index is 0.0728. The Balaban J connectivity index is 2.65. The van der Waals surface area contributed by atoms with Crippen molar-refractivity contribution in [1.29, 1.82) is 0 Å². The number of aromatic carboxylic acids is 1. The minimum Gasteiger partial charge on any atom is -0.478 e. The van der Waals surface area contributed by atoms with Gasteiger partial charge in [0.05, 0.1) is 11.3 Å². The molecule has 0 saturated carbocycles. The summed E-state index contributed by atoms with van der Waals surface area (Å²) in [6.07, 6.45) is 0.976. The van der Waals surface area contributed by atoms with Gasteiger partial charge in [-0.2, -0.15) is 0 Å². The number of hydrogen-bond acceptors (Lipinski definition) is 3. The molecule has 5 nitrogen and oxygen atoms in total. The molecular formula is C15H21BrN2O3. The molecule has 0 aliphatic carbocycles. The Morgan fingerprint density at radius 3 is 2.48 bits per heavy atom. The Kier molecular flexibility index (Phi) is 5.92. The van der Waals surface area contributed by atoms with E-state index < -0.39 is 5.97 Å². The predicted octanol–water partition coefficient (Wildman–Crippen LogP) is 3.24. The molecule has 1 rings (SSSR count). The molecule has 0 aromatic heterocycles. The van der Waals surface area contributed by atoms with Gasteiger partial charge in [0.25, 0.3) is 0 Å². The Morgan fingerprint density at radius 1 is 1.38 bits per heavy atom. The molecule has 1 aromatic carbocycles. The first-order valence-corrected chi connectivity index (χ1v) is 7.46. The standard InChI is InChI=1S/C15H21BrN2O3/c1-15(2,3)8-10(17)7-13(19)18-12-5-4-9(14(20)21)6-11(12)16/h4-6,10H,7-8,17H2,1-3H3,(H,18,19)(H,20,21). The lowest BCUT2D eigenvalue weighted by Gasteiger charge is -2.22. The molecule has 0 spiro atoms. The van der Waals surface area contributed by atoms with Crippen molar-refractivity contribution in [2.75, 3.05) is 5.32 Å². The van der Waals surface area contributed by atoms with Crippen LogP contribution >= 0.6 is 15.9 Å². The van der Waals surface area contributed by atoms with E-state index >= 15 is 0 Å². The van der Waals surface area contributed by atoms with Crippen LogP contribution in [0.2, 0.25) is 0 Å². The third-order valence-corrected chi connectivity index (χ3v) is 3.47. The van der Waals surface area contributed by atoms with Crippen molar-refractivity contribution in [2.45, 2.75) is 39.7 Å². The number of nitrogens with one attached hydrogen (secondary N) is 1. The third kappa shape index (κ3) is 6.27. The molecule has 0 radical (unpaired) electrons. The van der Waals surface area contributed by atoms with Crippen LogP contribution in [-0.4, -0.2) is 23.0 Å². The molecule has 0 heterocycles. The average molecular weight is 357 g/mol. The number of carboxylic acid groups (broad SMARTS) is 1. The highest BCUT2D eigenvalue weighted by Gasteiger charge is 2.18. The number of carbonyl (C=O) groups is 2. The van der Waals surface area contributed by atoms with Gasteiger partial charge in [0, 0.05) is 16.9 Å². The van der Waals surface area contributed by atoms with Crippen LogP contribution in [0, 0.1) is 5.41 Å². The molecule has 1 unspecified atom stereocenters. The Labute approximate surface area is 133 Å². The largest absolute Gasteiger partial charge is 0.478 e. The van der Waals surface area contributed by atoms with Crippen LogP contribution in [0.15, 0.2) is 22.7 Å². The molecule has 0 bridgehead atoms. The van der Waals surface area contributed by atoms with Gasteiger partial charge in [-0.05, 0) is 46.0 Å². The number of nitrogens with two attached hydrogens (primary N) is 1. The maximum Gasteiger partial charge on any atom is 0.335 e. The van der Waals surface area contributed by atoms with Crippen LogP contribution in [0.3, 0.4) is 0 Å². The first-order chi connectivity index (χ1) is 9.58. The highest BCUT2D eigenvalue weighted by Crippen LogP contribution is 2.25. The second kappa shape index (κ2) is 7.04. The lowest BCUT2D eigenvalue weighted by atomic mass is 9.87. The number of hydrogen-bond donors (Lipinski definition) is 3. The van der Waals surface area contributed by atoms with Gasteiger partial charge in [-0.15, -0.1) is 0 Å². The van der Waals surface area contributed by atoms with E-state index in [1.165, 1.54) is 12.1 Å². The van der Waals surface area contributed by atoms with Crippen LogP contribution in [0.1, 0.15) is 44.0 Å². The summed E-state index contributed by atoms with van der Waals surface area (Å²) in [7, 11) is 0. The summed E-state index contributed by atoms with van der Waals surface area (Å²) in [6.45, 7) is 6.23. The van der Waals surface area contributed by atoms with Crippen molar-refractivity contribution in [3.8, 4) is 0 Å². The second-order valence-corrected chi connectivity index (χ2v) is 7.13. The maximum absolute atomic E-state index is 12.0. The van der Waals surface area contributed by atoms with Crippen LogP contribution in [0.4, 0.5) is 5.69 Å². The molecule has 116 valence electrons. The van der Waals surface area contributed by atoms with Gasteiger partial charge >= 0.3 is 5.97 Å². The molecule has 0 aliphatic heterocycles.